The van der Waals surface area contributed by atoms with Crippen LogP contribution < -0.4 is 0 Å². The van der Waals surface area contributed by atoms with E-state index < -0.39 is 17.9 Å². The summed E-state index contributed by atoms with van der Waals surface area (Å²) >= 11 is 0. The highest BCUT2D eigenvalue weighted by Crippen LogP contribution is 2.11. The van der Waals surface area contributed by atoms with E-state index >= 15 is 0 Å². The Kier molecular flexibility index (Phi) is 5.46. The molecular weight excluding hydrogens is 232 g/mol. The summed E-state index contributed by atoms with van der Waals surface area (Å²) in [5, 5.41) is 17.4. The average Bonchev–Trinajstić information content (AvgIpc) is 2.34. The Bertz CT molecular complexity index is 468. The number of aliphatic carboxylic acids is 2. The third kappa shape index (κ3) is 5.17. The molecule has 4 nitrogen and oxygen atoms in total. The van der Waals surface area contributed by atoms with E-state index in [9.17, 15) is 9.59 Å². The molecule has 0 saturated carbocycles. The molecule has 1 aromatic rings. The number of carboxylic acid groups (broad SMARTS) is 2. The minimum absolute atomic E-state index is 0.105. The molecule has 1 aromatic carbocycles. The zero-order valence-electron chi connectivity index (χ0n) is 9.80. The van der Waals surface area contributed by atoms with Crippen molar-refractivity contribution < 1.29 is 19.8 Å². The first-order chi connectivity index (χ1) is 8.59. The Balaban J connectivity index is 2.55. The molecule has 0 aliphatic rings. The van der Waals surface area contributed by atoms with Gasteiger partial charge in [-0.3, -0.25) is 9.59 Å². The molecule has 4 heteroatoms. The highest BCUT2D eigenvalue weighted by molar-refractivity contribution is 5.72. The van der Waals surface area contributed by atoms with Crippen LogP contribution in [-0.4, -0.2) is 22.2 Å². The minimum Gasteiger partial charge on any atom is -0.481 e. The van der Waals surface area contributed by atoms with Crippen LogP contribution in [0.2, 0.25) is 0 Å². The molecule has 1 unspecified atom stereocenters. The second-order valence-corrected chi connectivity index (χ2v) is 3.84. The summed E-state index contributed by atoms with van der Waals surface area (Å²) < 4.78 is 0. The van der Waals surface area contributed by atoms with E-state index in [2.05, 4.69) is 11.8 Å². The van der Waals surface area contributed by atoms with Crippen LogP contribution in [0.1, 0.15) is 24.8 Å². The van der Waals surface area contributed by atoms with Crippen molar-refractivity contribution in [2.45, 2.75) is 19.3 Å². The molecule has 0 aliphatic heterocycles. The van der Waals surface area contributed by atoms with Crippen molar-refractivity contribution in [3.05, 3.63) is 35.9 Å². The molecule has 0 aliphatic carbocycles. The molecule has 0 radical (unpaired) electrons. The molecule has 0 aromatic heterocycles. The van der Waals surface area contributed by atoms with Gasteiger partial charge in [0.25, 0.3) is 0 Å². The Morgan fingerprint density at radius 1 is 1.17 bits per heavy atom. The van der Waals surface area contributed by atoms with Gasteiger partial charge in [0, 0.05) is 18.4 Å². The molecular formula is C14H14O4. The summed E-state index contributed by atoms with van der Waals surface area (Å²) in [6.07, 6.45) is 0.121. The minimum atomic E-state index is -1.00. The van der Waals surface area contributed by atoms with E-state index in [0.29, 0.717) is 0 Å². The molecule has 0 fully saturated rings. The first-order valence-electron chi connectivity index (χ1n) is 5.58. The molecule has 94 valence electrons. The average molecular weight is 246 g/mol. The number of carboxylic acids is 2. The van der Waals surface area contributed by atoms with Gasteiger partial charge >= 0.3 is 11.9 Å². The van der Waals surface area contributed by atoms with Gasteiger partial charge in [-0.1, -0.05) is 30.0 Å². The van der Waals surface area contributed by atoms with E-state index in [4.69, 9.17) is 10.2 Å². The second kappa shape index (κ2) is 7.13. The summed E-state index contributed by atoms with van der Waals surface area (Å²) in [6, 6.07) is 9.24. The van der Waals surface area contributed by atoms with Crippen LogP contribution in [-0.2, 0) is 9.59 Å². The van der Waals surface area contributed by atoms with Crippen LogP contribution in [0.25, 0.3) is 0 Å². The Morgan fingerprint density at radius 2 is 1.83 bits per heavy atom. The Labute approximate surface area is 105 Å². The Hall–Kier alpha value is -2.28. The maximum atomic E-state index is 10.9. The number of hydrogen-bond donors (Lipinski definition) is 2. The molecule has 2 N–H and O–H groups in total. The topological polar surface area (TPSA) is 74.6 Å². The highest BCUT2D eigenvalue weighted by Gasteiger charge is 2.17. The lowest BCUT2D eigenvalue weighted by Gasteiger charge is -2.05. The van der Waals surface area contributed by atoms with Gasteiger partial charge in [-0.2, -0.15) is 0 Å². The first kappa shape index (κ1) is 13.8. The van der Waals surface area contributed by atoms with Crippen molar-refractivity contribution in [1.29, 1.82) is 0 Å². The van der Waals surface area contributed by atoms with Crippen LogP contribution in [0.15, 0.2) is 30.3 Å². The number of rotatable bonds is 5. The van der Waals surface area contributed by atoms with E-state index in [1.807, 2.05) is 30.3 Å². The second-order valence-electron chi connectivity index (χ2n) is 3.84. The summed E-state index contributed by atoms with van der Waals surface area (Å²) in [6.45, 7) is 0. The van der Waals surface area contributed by atoms with Gasteiger partial charge in [0.2, 0.25) is 0 Å². The molecule has 0 bridgehead atoms. The van der Waals surface area contributed by atoms with E-state index in [1.165, 1.54) is 0 Å². The van der Waals surface area contributed by atoms with Gasteiger partial charge in [0.05, 0.1) is 5.92 Å². The summed E-state index contributed by atoms with van der Waals surface area (Å²) in [5.41, 5.74) is 0.819. The lowest BCUT2D eigenvalue weighted by molar-refractivity contribution is -0.142. The smallest absolute Gasteiger partial charge is 0.307 e. The summed E-state index contributed by atoms with van der Waals surface area (Å²) in [4.78, 5) is 21.3. The van der Waals surface area contributed by atoms with E-state index in [0.717, 1.165) is 5.56 Å². The van der Waals surface area contributed by atoms with Crippen LogP contribution in [0.3, 0.4) is 0 Å². The quantitative estimate of drug-likeness (QED) is 0.779. The van der Waals surface area contributed by atoms with Gasteiger partial charge in [-0.05, 0) is 18.6 Å². The normalized spacial score (nSPS) is 11.1. The van der Waals surface area contributed by atoms with Crippen LogP contribution in [0.5, 0.6) is 0 Å². The molecule has 0 heterocycles. The van der Waals surface area contributed by atoms with Crippen LogP contribution in [0.4, 0.5) is 0 Å². The standard InChI is InChI=1S/C14H14O4/c15-13(16)10-9-12(14(17)18)8-4-7-11-5-2-1-3-6-11/h1-3,5-6,12H,8-10H2,(H,15,16)(H,17,18). The van der Waals surface area contributed by atoms with Crippen LogP contribution in [0, 0.1) is 17.8 Å². The van der Waals surface area contributed by atoms with Crippen molar-refractivity contribution in [3.8, 4) is 11.8 Å². The molecule has 18 heavy (non-hydrogen) atoms. The first-order valence-corrected chi connectivity index (χ1v) is 5.58. The highest BCUT2D eigenvalue weighted by atomic mass is 16.4. The lowest BCUT2D eigenvalue weighted by Crippen LogP contribution is -2.14. The summed E-state index contributed by atoms with van der Waals surface area (Å²) in [5.74, 6) is 2.93. The number of benzene rings is 1. The van der Waals surface area contributed by atoms with Crippen molar-refractivity contribution >= 4 is 11.9 Å². The predicted molar refractivity (Wildman–Crippen MR) is 65.9 cm³/mol. The van der Waals surface area contributed by atoms with Gasteiger partial charge in [0.1, 0.15) is 0 Å². The van der Waals surface area contributed by atoms with Crippen molar-refractivity contribution in [2.24, 2.45) is 5.92 Å². The lowest BCUT2D eigenvalue weighted by atomic mass is 10.00. The van der Waals surface area contributed by atoms with Crippen LogP contribution >= 0.6 is 0 Å². The summed E-state index contributed by atoms with van der Waals surface area (Å²) in [7, 11) is 0. The number of carbonyl (C=O) groups is 2. The predicted octanol–water partition coefficient (Wildman–Crippen LogP) is 1.99. The van der Waals surface area contributed by atoms with Gasteiger partial charge < -0.3 is 10.2 Å². The molecule has 0 amide bonds. The van der Waals surface area contributed by atoms with Crippen molar-refractivity contribution in [1.82, 2.24) is 0 Å². The monoisotopic (exact) mass is 246 g/mol. The van der Waals surface area contributed by atoms with Crippen molar-refractivity contribution in [3.63, 3.8) is 0 Å². The van der Waals surface area contributed by atoms with E-state index in [-0.39, 0.29) is 19.3 Å². The molecule has 1 atom stereocenters. The SMILES string of the molecule is O=C(O)CCC(CC#Cc1ccccc1)C(=O)O. The zero-order valence-corrected chi connectivity index (χ0v) is 9.80. The fourth-order valence-electron chi connectivity index (χ4n) is 1.41. The third-order valence-corrected chi connectivity index (χ3v) is 2.41. The maximum Gasteiger partial charge on any atom is 0.307 e. The Morgan fingerprint density at radius 3 is 2.39 bits per heavy atom. The third-order valence-electron chi connectivity index (χ3n) is 2.41. The fourth-order valence-corrected chi connectivity index (χ4v) is 1.41. The number of hydrogen-bond acceptors (Lipinski definition) is 2. The maximum absolute atomic E-state index is 10.9. The van der Waals surface area contributed by atoms with Crippen molar-refractivity contribution in [2.75, 3.05) is 0 Å². The van der Waals surface area contributed by atoms with Gasteiger partial charge in [0.15, 0.2) is 0 Å². The van der Waals surface area contributed by atoms with Gasteiger partial charge in [-0.25, -0.2) is 0 Å². The fraction of sp³-hybridized carbons (Fsp3) is 0.286. The largest absolute Gasteiger partial charge is 0.481 e. The van der Waals surface area contributed by atoms with E-state index in [1.54, 1.807) is 0 Å². The van der Waals surface area contributed by atoms with Gasteiger partial charge in [-0.15, -0.1) is 0 Å². The molecule has 0 spiro atoms. The molecule has 1 rings (SSSR count). The zero-order chi connectivity index (χ0) is 13.4. The molecule has 0 saturated heterocycles.